The fraction of sp³-hybridized carbons (Fsp3) is 0.471. The van der Waals surface area contributed by atoms with Crippen LogP contribution < -0.4 is 14.8 Å². The van der Waals surface area contributed by atoms with E-state index in [4.69, 9.17) is 14.2 Å². The minimum Gasteiger partial charge on any atom is -0.476 e. The Bertz CT molecular complexity index is 778. The number of ether oxygens (including phenoxy) is 3. The van der Waals surface area contributed by atoms with Crippen LogP contribution in [0.5, 0.6) is 11.8 Å². The minimum atomic E-state index is -0.640. The molecule has 0 saturated carbocycles. The molecule has 0 aromatic carbocycles. The van der Waals surface area contributed by atoms with Crippen LogP contribution in [-0.2, 0) is 10.3 Å². The minimum absolute atomic E-state index is 0.00686. The smallest absolute Gasteiger partial charge is 0.414 e. The van der Waals surface area contributed by atoms with Crippen LogP contribution in [0.2, 0.25) is 0 Å². The average molecular weight is 442 g/mol. The summed E-state index contributed by atoms with van der Waals surface area (Å²) in [5, 5.41) is 5.44. The second-order valence-corrected chi connectivity index (χ2v) is 8.75. The number of nitrogens with zero attached hydrogens (tertiary/aromatic N) is 2. The molecule has 2 aromatic rings. The van der Waals surface area contributed by atoms with Crippen LogP contribution in [0.3, 0.4) is 0 Å². The summed E-state index contributed by atoms with van der Waals surface area (Å²) in [4.78, 5) is 20.7. The summed E-state index contributed by atoms with van der Waals surface area (Å²) < 4.78 is 17.0. The van der Waals surface area contributed by atoms with Crippen molar-refractivity contribution in [3.8, 4) is 11.8 Å². The zero-order chi connectivity index (χ0) is 18.8. The van der Waals surface area contributed by atoms with Gasteiger partial charge in [0.2, 0.25) is 11.8 Å². The lowest BCUT2D eigenvalue weighted by molar-refractivity contribution is -0.120. The maximum absolute atomic E-state index is 12.2. The fourth-order valence-corrected chi connectivity index (χ4v) is 3.36. The van der Waals surface area contributed by atoms with Gasteiger partial charge in [0.1, 0.15) is 5.01 Å². The van der Waals surface area contributed by atoms with E-state index >= 15 is 0 Å². The standard InChI is InChI=1S/C17H20BrN3O4S/c1-16(2,14-19-6-7-26-14)21-15(22)25-12-5-4-11(18)13(20-12)24-10-17(3)8-23-9-17/h4-7H,8-10H2,1-3H3,(H,21,22). The number of carbonyl (C=O) groups excluding carboxylic acids is 1. The maximum atomic E-state index is 12.2. The fourth-order valence-electron chi connectivity index (χ4n) is 2.30. The van der Waals surface area contributed by atoms with Gasteiger partial charge in [-0.1, -0.05) is 6.92 Å². The molecule has 0 spiro atoms. The van der Waals surface area contributed by atoms with Crippen molar-refractivity contribution >= 4 is 33.4 Å². The van der Waals surface area contributed by atoms with Gasteiger partial charge in [0.05, 0.1) is 29.8 Å². The predicted molar refractivity (Wildman–Crippen MR) is 101 cm³/mol. The monoisotopic (exact) mass is 441 g/mol. The summed E-state index contributed by atoms with van der Waals surface area (Å²) in [7, 11) is 0. The first-order chi connectivity index (χ1) is 12.3. The lowest BCUT2D eigenvalue weighted by atomic mass is 9.90. The van der Waals surface area contributed by atoms with Crippen LogP contribution in [0.15, 0.2) is 28.2 Å². The Kier molecular flexibility index (Phi) is 5.50. The van der Waals surface area contributed by atoms with Gasteiger partial charge in [-0.2, -0.15) is 4.98 Å². The first-order valence-corrected chi connectivity index (χ1v) is 9.72. The van der Waals surface area contributed by atoms with E-state index in [2.05, 4.69) is 38.1 Å². The van der Waals surface area contributed by atoms with Gasteiger partial charge >= 0.3 is 6.09 Å². The van der Waals surface area contributed by atoms with Crippen LogP contribution in [0.25, 0.3) is 0 Å². The molecular formula is C17H20BrN3O4S. The zero-order valence-corrected chi connectivity index (χ0v) is 17.1. The molecular weight excluding hydrogens is 422 g/mol. The third-order valence-corrected chi connectivity index (χ3v) is 5.53. The molecule has 0 unspecified atom stereocenters. The quantitative estimate of drug-likeness (QED) is 0.734. The predicted octanol–water partition coefficient (Wildman–Crippen LogP) is 3.74. The summed E-state index contributed by atoms with van der Waals surface area (Å²) in [6, 6.07) is 3.33. The number of carbonyl (C=O) groups is 1. The van der Waals surface area contributed by atoms with Crippen molar-refractivity contribution in [2.24, 2.45) is 5.41 Å². The first-order valence-electron chi connectivity index (χ1n) is 8.05. The molecule has 9 heteroatoms. The number of amides is 1. The molecule has 0 aliphatic carbocycles. The molecule has 7 nitrogen and oxygen atoms in total. The van der Waals surface area contributed by atoms with Gasteiger partial charge in [-0.3, -0.25) is 0 Å². The van der Waals surface area contributed by atoms with Crippen LogP contribution in [0.1, 0.15) is 25.8 Å². The van der Waals surface area contributed by atoms with E-state index in [0.29, 0.717) is 30.2 Å². The number of hydrogen-bond donors (Lipinski definition) is 1. The average Bonchev–Trinajstić information content (AvgIpc) is 3.08. The third kappa shape index (κ3) is 4.52. The molecule has 3 rings (SSSR count). The second-order valence-electron chi connectivity index (χ2n) is 7.01. The number of pyridine rings is 1. The number of rotatable bonds is 6. The van der Waals surface area contributed by atoms with E-state index in [0.717, 1.165) is 5.01 Å². The Morgan fingerprint density at radius 2 is 2.23 bits per heavy atom. The number of hydrogen-bond acceptors (Lipinski definition) is 7. The number of thiazole rings is 1. The van der Waals surface area contributed by atoms with Crippen LogP contribution >= 0.6 is 27.3 Å². The Morgan fingerprint density at radius 1 is 1.46 bits per heavy atom. The van der Waals surface area contributed by atoms with Crippen molar-refractivity contribution in [1.29, 1.82) is 0 Å². The van der Waals surface area contributed by atoms with Gasteiger partial charge in [0.15, 0.2) is 0 Å². The molecule has 1 fully saturated rings. The molecule has 1 aliphatic rings. The van der Waals surface area contributed by atoms with Gasteiger partial charge in [-0.25, -0.2) is 9.78 Å². The van der Waals surface area contributed by atoms with Crippen molar-refractivity contribution in [1.82, 2.24) is 15.3 Å². The highest BCUT2D eigenvalue weighted by atomic mass is 79.9. The Hall–Kier alpha value is -1.71. The lowest BCUT2D eigenvalue weighted by Gasteiger charge is -2.37. The normalized spacial score (nSPS) is 15.8. The first kappa shape index (κ1) is 19.1. The molecule has 1 amide bonds. The summed E-state index contributed by atoms with van der Waals surface area (Å²) in [5.41, 5.74) is -0.647. The SMILES string of the molecule is CC1(COc2nc(OC(=O)NC(C)(C)c3nccs3)ccc2Br)COC1. The van der Waals surface area contributed by atoms with Gasteiger partial charge in [0.25, 0.3) is 0 Å². The molecule has 3 heterocycles. The Balaban J connectivity index is 1.62. The van der Waals surface area contributed by atoms with E-state index in [1.807, 2.05) is 19.2 Å². The summed E-state index contributed by atoms with van der Waals surface area (Å²) in [6.45, 7) is 7.60. The highest BCUT2D eigenvalue weighted by Crippen LogP contribution is 2.31. The summed E-state index contributed by atoms with van der Waals surface area (Å²) in [5.74, 6) is 0.535. The van der Waals surface area contributed by atoms with Crippen LogP contribution in [-0.4, -0.2) is 35.9 Å². The largest absolute Gasteiger partial charge is 0.476 e. The molecule has 1 aliphatic heterocycles. The highest BCUT2D eigenvalue weighted by Gasteiger charge is 2.34. The molecule has 140 valence electrons. The van der Waals surface area contributed by atoms with Gasteiger partial charge in [-0.15, -0.1) is 11.3 Å². The second kappa shape index (κ2) is 7.50. The Labute approximate surface area is 164 Å². The molecule has 26 heavy (non-hydrogen) atoms. The maximum Gasteiger partial charge on any atom is 0.414 e. The van der Waals surface area contributed by atoms with Crippen molar-refractivity contribution in [3.05, 3.63) is 33.2 Å². The van der Waals surface area contributed by atoms with E-state index in [1.54, 1.807) is 18.3 Å². The highest BCUT2D eigenvalue weighted by molar-refractivity contribution is 9.10. The topological polar surface area (TPSA) is 82.6 Å². The Morgan fingerprint density at radius 3 is 2.85 bits per heavy atom. The number of halogens is 1. The van der Waals surface area contributed by atoms with Crippen molar-refractivity contribution < 1.29 is 19.0 Å². The van der Waals surface area contributed by atoms with Crippen molar-refractivity contribution in [3.63, 3.8) is 0 Å². The van der Waals surface area contributed by atoms with E-state index < -0.39 is 11.6 Å². The number of aromatic nitrogens is 2. The third-order valence-electron chi connectivity index (χ3n) is 3.83. The lowest BCUT2D eigenvalue weighted by Crippen LogP contribution is -2.44. The van der Waals surface area contributed by atoms with E-state index in [-0.39, 0.29) is 11.3 Å². The number of nitrogens with one attached hydrogen (secondary N) is 1. The summed E-state index contributed by atoms with van der Waals surface area (Å²) in [6.07, 6.45) is 1.09. The van der Waals surface area contributed by atoms with E-state index in [9.17, 15) is 4.79 Å². The van der Waals surface area contributed by atoms with Crippen LogP contribution in [0, 0.1) is 5.41 Å². The van der Waals surface area contributed by atoms with Crippen molar-refractivity contribution in [2.45, 2.75) is 26.3 Å². The van der Waals surface area contributed by atoms with Crippen LogP contribution in [0.4, 0.5) is 4.79 Å². The van der Waals surface area contributed by atoms with E-state index in [1.165, 1.54) is 11.3 Å². The zero-order valence-electron chi connectivity index (χ0n) is 14.7. The summed E-state index contributed by atoms with van der Waals surface area (Å²) >= 11 is 4.86. The van der Waals surface area contributed by atoms with Gasteiger partial charge < -0.3 is 19.5 Å². The molecule has 0 bridgehead atoms. The molecule has 1 saturated heterocycles. The van der Waals surface area contributed by atoms with Gasteiger partial charge in [0, 0.05) is 23.1 Å². The van der Waals surface area contributed by atoms with Crippen molar-refractivity contribution in [2.75, 3.05) is 19.8 Å². The molecule has 2 aromatic heterocycles. The molecule has 1 N–H and O–H groups in total. The van der Waals surface area contributed by atoms with Gasteiger partial charge in [-0.05, 0) is 35.8 Å². The molecule has 0 atom stereocenters. The molecule has 0 radical (unpaired) electrons.